The van der Waals surface area contributed by atoms with Crippen molar-refractivity contribution in [1.82, 2.24) is 10.3 Å². The van der Waals surface area contributed by atoms with Gasteiger partial charge in [0, 0.05) is 17.5 Å². The van der Waals surface area contributed by atoms with Gasteiger partial charge in [0.25, 0.3) is 0 Å². The van der Waals surface area contributed by atoms with Gasteiger partial charge in [-0.3, -0.25) is 10.1 Å². The van der Waals surface area contributed by atoms with Crippen LogP contribution in [0.15, 0.2) is 58.5 Å². The van der Waals surface area contributed by atoms with Crippen molar-refractivity contribution < 1.29 is 9.55 Å². The summed E-state index contributed by atoms with van der Waals surface area (Å²) in [6.45, 7) is 1.19. The lowest BCUT2D eigenvalue weighted by molar-refractivity contribution is -0.382. The van der Waals surface area contributed by atoms with Crippen LogP contribution in [-0.2, 0) is 13.1 Å². The number of hydrogen-bond donors (Lipinski definition) is 1. The summed E-state index contributed by atoms with van der Waals surface area (Å²) in [4.78, 5) is 15.1. The first-order valence-electron chi connectivity index (χ1n) is 10.7. The van der Waals surface area contributed by atoms with Gasteiger partial charge in [-0.05, 0) is 46.2 Å². The molecule has 2 heterocycles. The number of anilines is 2. The topological polar surface area (TPSA) is 97.3 Å². The molecular weight excluding hydrogens is 426 g/mol. The molecule has 0 unspecified atom stereocenters. The summed E-state index contributed by atoms with van der Waals surface area (Å²) in [7, 11) is 0. The van der Waals surface area contributed by atoms with E-state index >= 15 is 0 Å². The van der Waals surface area contributed by atoms with Crippen LogP contribution in [0.2, 0.25) is 0 Å². The highest BCUT2D eigenvalue weighted by Crippen LogP contribution is 2.41. The Hall–Kier alpha value is -3.46. The van der Waals surface area contributed by atoms with Gasteiger partial charge >= 0.3 is 5.69 Å². The number of nitro groups is 1. The summed E-state index contributed by atoms with van der Waals surface area (Å²) in [5.74, 6) is 0. The SMILES string of the molecule is O=[N+]([O-])c1c(NCc2ccccc2)cc(N(Cc2cccs2)C2CCCC2)c2nonc12. The summed E-state index contributed by atoms with van der Waals surface area (Å²) in [6.07, 6.45) is 4.53. The average molecular weight is 450 g/mol. The minimum absolute atomic E-state index is 0.108. The highest BCUT2D eigenvalue weighted by atomic mass is 32.1. The lowest BCUT2D eigenvalue weighted by atomic mass is 10.1. The predicted octanol–water partition coefficient (Wildman–Crippen LogP) is 5.75. The number of aromatic nitrogens is 2. The first kappa shape index (κ1) is 20.4. The van der Waals surface area contributed by atoms with Crippen LogP contribution in [-0.4, -0.2) is 21.3 Å². The van der Waals surface area contributed by atoms with Gasteiger partial charge in [0.2, 0.25) is 5.52 Å². The summed E-state index contributed by atoms with van der Waals surface area (Å²) < 4.78 is 5.01. The quantitative estimate of drug-likeness (QED) is 0.270. The normalized spacial score (nSPS) is 14.1. The molecular formula is C23H23N5O3S. The highest BCUT2D eigenvalue weighted by molar-refractivity contribution is 7.09. The van der Waals surface area contributed by atoms with E-state index in [1.165, 1.54) is 17.7 Å². The van der Waals surface area contributed by atoms with Crippen LogP contribution in [0.1, 0.15) is 36.1 Å². The molecule has 164 valence electrons. The first-order chi connectivity index (χ1) is 15.7. The lowest BCUT2D eigenvalue weighted by Gasteiger charge is -2.31. The number of fused-ring (bicyclic) bond motifs is 1. The van der Waals surface area contributed by atoms with Crippen LogP contribution in [0.4, 0.5) is 17.1 Å². The van der Waals surface area contributed by atoms with E-state index in [9.17, 15) is 10.1 Å². The maximum atomic E-state index is 12.0. The maximum Gasteiger partial charge on any atom is 0.323 e. The number of rotatable bonds is 8. The van der Waals surface area contributed by atoms with Gasteiger partial charge in [-0.15, -0.1) is 11.3 Å². The van der Waals surface area contributed by atoms with Gasteiger partial charge in [-0.2, -0.15) is 0 Å². The van der Waals surface area contributed by atoms with E-state index in [1.807, 2.05) is 42.5 Å². The Labute approximate surface area is 189 Å². The lowest BCUT2D eigenvalue weighted by Crippen LogP contribution is -2.32. The molecule has 8 nitrogen and oxygen atoms in total. The van der Waals surface area contributed by atoms with Gasteiger partial charge in [0.1, 0.15) is 5.69 Å². The minimum Gasteiger partial charge on any atom is -0.375 e. The third-order valence-corrected chi connectivity index (χ3v) is 6.84. The van der Waals surface area contributed by atoms with E-state index in [2.05, 4.69) is 32.0 Å². The Kier molecular flexibility index (Phi) is 5.72. The summed E-state index contributed by atoms with van der Waals surface area (Å²) >= 11 is 1.71. The zero-order valence-corrected chi connectivity index (χ0v) is 18.3. The molecule has 1 fully saturated rings. The number of thiophene rings is 1. The summed E-state index contributed by atoms with van der Waals surface area (Å²) in [6, 6.07) is 16.2. The monoisotopic (exact) mass is 449 g/mol. The van der Waals surface area contributed by atoms with Crippen LogP contribution in [0, 0.1) is 10.1 Å². The average Bonchev–Trinajstić information content (AvgIpc) is 3.58. The zero-order chi connectivity index (χ0) is 21.9. The fourth-order valence-corrected chi connectivity index (χ4v) is 5.14. The Bertz CT molecular complexity index is 1200. The molecule has 0 saturated heterocycles. The molecule has 5 rings (SSSR count). The van der Waals surface area contributed by atoms with Crippen molar-refractivity contribution in [2.75, 3.05) is 10.2 Å². The summed E-state index contributed by atoms with van der Waals surface area (Å²) in [5, 5.41) is 25.3. The molecule has 1 aliphatic rings. The molecule has 9 heteroatoms. The number of nitro benzene ring substituents is 1. The van der Waals surface area contributed by atoms with E-state index < -0.39 is 4.92 Å². The van der Waals surface area contributed by atoms with Crippen molar-refractivity contribution in [2.45, 2.75) is 44.8 Å². The standard InChI is InChI=1S/C23H23N5O3S/c29-28(30)23-19(24-14-16-7-2-1-3-8-16)13-20(21-22(23)26-31-25-21)27(17-9-4-5-10-17)15-18-11-6-12-32-18/h1-3,6-8,11-13,17,24H,4-5,9-10,14-15H2. The van der Waals surface area contributed by atoms with E-state index in [0.717, 1.165) is 30.6 Å². The van der Waals surface area contributed by atoms with Gasteiger partial charge < -0.3 is 10.2 Å². The van der Waals surface area contributed by atoms with Crippen LogP contribution in [0.25, 0.3) is 11.0 Å². The Morgan fingerprint density at radius 1 is 1.12 bits per heavy atom. The molecule has 0 radical (unpaired) electrons. The maximum absolute atomic E-state index is 12.0. The molecule has 0 bridgehead atoms. The Balaban J connectivity index is 1.60. The second kappa shape index (κ2) is 8.96. The van der Waals surface area contributed by atoms with E-state index in [1.54, 1.807) is 11.3 Å². The molecule has 4 aromatic rings. The predicted molar refractivity (Wildman–Crippen MR) is 125 cm³/mol. The first-order valence-corrected chi connectivity index (χ1v) is 11.6. The summed E-state index contributed by atoms with van der Waals surface area (Å²) in [5.41, 5.74) is 2.79. The smallest absolute Gasteiger partial charge is 0.323 e. The Morgan fingerprint density at radius 2 is 1.91 bits per heavy atom. The molecule has 1 saturated carbocycles. The largest absolute Gasteiger partial charge is 0.375 e. The van der Waals surface area contributed by atoms with Crippen molar-refractivity contribution >= 4 is 39.4 Å². The van der Waals surface area contributed by atoms with Gasteiger partial charge in [-0.1, -0.05) is 49.2 Å². The van der Waals surface area contributed by atoms with E-state index in [-0.39, 0.29) is 11.2 Å². The van der Waals surface area contributed by atoms with Crippen molar-refractivity contribution in [2.24, 2.45) is 0 Å². The third-order valence-electron chi connectivity index (χ3n) is 5.98. The van der Waals surface area contributed by atoms with E-state index in [4.69, 9.17) is 4.63 Å². The molecule has 2 aromatic heterocycles. The second-order valence-corrected chi connectivity index (χ2v) is 9.03. The molecule has 32 heavy (non-hydrogen) atoms. The minimum atomic E-state index is -0.414. The van der Waals surface area contributed by atoms with Crippen LogP contribution in [0.5, 0.6) is 0 Å². The third kappa shape index (κ3) is 4.03. The fraction of sp³-hybridized carbons (Fsp3) is 0.304. The van der Waals surface area contributed by atoms with Gasteiger partial charge in [-0.25, -0.2) is 4.63 Å². The molecule has 0 atom stereocenters. The van der Waals surface area contributed by atoms with Crippen LogP contribution in [0.3, 0.4) is 0 Å². The Morgan fingerprint density at radius 3 is 2.62 bits per heavy atom. The van der Waals surface area contributed by atoms with Crippen LogP contribution < -0.4 is 10.2 Å². The van der Waals surface area contributed by atoms with Crippen molar-refractivity contribution in [3.63, 3.8) is 0 Å². The van der Waals surface area contributed by atoms with Crippen molar-refractivity contribution in [1.29, 1.82) is 0 Å². The molecule has 0 spiro atoms. The van der Waals surface area contributed by atoms with Gasteiger partial charge in [0.05, 0.1) is 17.2 Å². The van der Waals surface area contributed by atoms with Crippen molar-refractivity contribution in [3.05, 3.63) is 74.5 Å². The molecule has 0 aliphatic heterocycles. The van der Waals surface area contributed by atoms with Gasteiger partial charge in [0.15, 0.2) is 5.52 Å². The fourth-order valence-electron chi connectivity index (χ4n) is 4.44. The van der Waals surface area contributed by atoms with Crippen LogP contribution >= 0.6 is 11.3 Å². The zero-order valence-electron chi connectivity index (χ0n) is 17.4. The number of nitrogens with one attached hydrogen (secondary N) is 1. The number of nitrogens with zero attached hydrogens (tertiary/aromatic N) is 4. The number of benzene rings is 2. The van der Waals surface area contributed by atoms with Crippen molar-refractivity contribution in [3.8, 4) is 0 Å². The highest BCUT2D eigenvalue weighted by Gasteiger charge is 2.31. The molecule has 2 aromatic carbocycles. The molecule has 1 aliphatic carbocycles. The van der Waals surface area contributed by atoms with E-state index in [0.29, 0.717) is 23.8 Å². The number of hydrogen-bond acceptors (Lipinski definition) is 8. The second-order valence-electron chi connectivity index (χ2n) is 8.00. The molecule has 0 amide bonds. The molecule has 1 N–H and O–H groups in total.